The number of hydrogen-bond acceptors (Lipinski definition) is 5. The molecule has 0 spiro atoms. The van der Waals surface area contributed by atoms with Crippen molar-refractivity contribution in [3.63, 3.8) is 0 Å². The quantitative estimate of drug-likeness (QED) is 0.230. The summed E-state index contributed by atoms with van der Waals surface area (Å²) in [6.07, 6.45) is 0. The van der Waals surface area contributed by atoms with Gasteiger partial charge in [-0.3, -0.25) is 14.5 Å². The van der Waals surface area contributed by atoms with E-state index in [1.165, 1.54) is 36.4 Å². The van der Waals surface area contributed by atoms with Crippen LogP contribution in [0.1, 0.15) is 28.3 Å². The molecule has 3 aromatic carbocycles. The van der Waals surface area contributed by atoms with Crippen LogP contribution >= 0.6 is 11.3 Å². The van der Waals surface area contributed by atoms with E-state index < -0.39 is 29.4 Å². The topological polar surface area (TPSA) is 70.5 Å². The number of carbonyl (C=O) groups is 2. The van der Waals surface area contributed by atoms with Gasteiger partial charge in [-0.1, -0.05) is 47.2 Å². The Balaban J connectivity index is 1.78. The van der Waals surface area contributed by atoms with Crippen LogP contribution in [0.5, 0.6) is 0 Å². The molecule has 1 aliphatic heterocycles. The molecule has 1 amide bonds. The maximum absolute atomic E-state index is 15.0. The van der Waals surface area contributed by atoms with Crippen molar-refractivity contribution >= 4 is 44.1 Å². The van der Waals surface area contributed by atoms with Crippen LogP contribution in [0.2, 0.25) is 0 Å². The van der Waals surface area contributed by atoms with Crippen molar-refractivity contribution < 1.29 is 23.5 Å². The van der Waals surface area contributed by atoms with Crippen LogP contribution in [-0.2, 0) is 9.59 Å². The van der Waals surface area contributed by atoms with Gasteiger partial charge in [-0.15, -0.1) is 0 Å². The van der Waals surface area contributed by atoms with Crippen LogP contribution in [0.3, 0.4) is 0 Å². The van der Waals surface area contributed by atoms with E-state index in [4.69, 9.17) is 0 Å². The summed E-state index contributed by atoms with van der Waals surface area (Å²) in [6, 6.07) is 13.9. The van der Waals surface area contributed by atoms with Gasteiger partial charge < -0.3 is 5.11 Å². The second-order valence-electron chi connectivity index (χ2n) is 8.12. The van der Waals surface area contributed by atoms with Crippen molar-refractivity contribution in [2.24, 2.45) is 0 Å². The smallest absolute Gasteiger partial charge is 0.301 e. The molecule has 5 nitrogen and oxygen atoms in total. The average molecular weight is 477 g/mol. The lowest BCUT2D eigenvalue weighted by Crippen LogP contribution is -2.29. The van der Waals surface area contributed by atoms with Gasteiger partial charge >= 0.3 is 5.91 Å². The van der Waals surface area contributed by atoms with E-state index >= 15 is 4.39 Å². The second kappa shape index (κ2) is 8.14. The van der Waals surface area contributed by atoms with E-state index in [-0.39, 0.29) is 22.0 Å². The summed E-state index contributed by atoms with van der Waals surface area (Å²) in [5.74, 6) is -3.39. The van der Waals surface area contributed by atoms with E-state index in [0.717, 1.165) is 21.8 Å². The van der Waals surface area contributed by atoms with Crippen LogP contribution in [-0.4, -0.2) is 21.8 Å². The second-order valence-corrected chi connectivity index (χ2v) is 9.13. The molecule has 0 saturated carbocycles. The lowest BCUT2D eigenvalue weighted by atomic mass is 9.93. The van der Waals surface area contributed by atoms with Gasteiger partial charge in [0, 0.05) is 11.1 Å². The van der Waals surface area contributed by atoms with Gasteiger partial charge in [0.1, 0.15) is 23.4 Å². The number of Topliss-reactive ketones (excluding diaryl/α,β-unsaturated/α-hetero) is 1. The molecule has 1 unspecified atom stereocenters. The Labute approximate surface area is 197 Å². The lowest BCUT2D eigenvalue weighted by molar-refractivity contribution is -0.132. The SMILES string of the molecule is Cc1ccc(C)c(C(O)=C2C(=O)C(=O)N(c3nc4ccc(F)cc4s3)C2c2ccccc2F)c1. The first-order chi connectivity index (χ1) is 16.3. The highest BCUT2D eigenvalue weighted by Crippen LogP contribution is 2.45. The maximum Gasteiger partial charge on any atom is 0.301 e. The highest BCUT2D eigenvalue weighted by molar-refractivity contribution is 7.22. The largest absolute Gasteiger partial charge is 0.507 e. The zero-order chi connectivity index (χ0) is 24.1. The number of nitrogens with zero attached hydrogens (tertiary/aromatic N) is 2. The third-order valence-corrected chi connectivity index (χ3v) is 6.86. The number of halogens is 2. The number of thiazole rings is 1. The maximum atomic E-state index is 15.0. The molecular weight excluding hydrogens is 458 g/mol. The van der Waals surface area contributed by atoms with Gasteiger partial charge in [-0.05, 0) is 49.7 Å². The zero-order valence-electron chi connectivity index (χ0n) is 18.2. The standard InChI is InChI=1S/C26H18F2N2O3S/c1-13-7-8-14(2)17(11-13)23(31)21-22(16-5-3-4-6-18(16)28)30(25(33)24(21)32)26-29-19-10-9-15(27)12-20(19)34-26/h3-12,22,31H,1-2H3. The van der Waals surface area contributed by atoms with Crippen molar-refractivity contribution in [2.45, 2.75) is 19.9 Å². The predicted octanol–water partition coefficient (Wildman–Crippen LogP) is 5.82. The third kappa shape index (κ3) is 3.47. The first kappa shape index (κ1) is 21.9. The Bertz CT molecular complexity index is 1530. The van der Waals surface area contributed by atoms with Crippen molar-refractivity contribution in [1.82, 2.24) is 4.98 Å². The number of aryl methyl sites for hydroxylation is 2. The van der Waals surface area contributed by atoms with Crippen LogP contribution < -0.4 is 4.90 Å². The summed E-state index contributed by atoms with van der Waals surface area (Å²) >= 11 is 1.01. The molecule has 4 aromatic rings. The number of fused-ring (bicyclic) bond motifs is 1. The molecule has 1 N–H and O–H groups in total. The molecule has 1 saturated heterocycles. The summed E-state index contributed by atoms with van der Waals surface area (Å²) in [5.41, 5.74) is 2.16. The van der Waals surface area contributed by atoms with E-state index in [0.29, 0.717) is 21.3 Å². The van der Waals surface area contributed by atoms with Gasteiger partial charge in [-0.2, -0.15) is 0 Å². The van der Waals surface area contributed by atoms with Crippen molar-refractivity contribution in [3.05, 3.63) is 100 Å². The van der Waals surface area contributed by atoms with Gasteiger partial charge in [-0.25, -0.2) is 13.8 Å². The number of carbonyl (C=O) groups excluding carboxylic acids is 2. The van der Waals surface area contributed by atoms with E-state index in [1.807, 2.05) is 13.0 Å². The van der Waals surface area contributed by atoms with Gasteiger partial charge in [0.2, 0.25) is 0 Å². The minimum absolute atomic E-state index is 0.0407. The van der Waals surface area contributed by atoms with E-state index in [1.54, 1.807) is 25.1 Å². The molecule has 1 atom stereocenters. The minimum Gasteiger partial charge on any atom is -0.507 e. The first-order valence-corrected chi connectivity index (χ1v) is 11.3. The lowest BCUT2D eigenvalue weighted by Gasteiger charge is -2.23. The molecule has 8 heteroatoms. The zero-order valence-corrected chi connectivity index (χ0v) is 19.0. The number of benzene rings is 3. The van der Waals surface area contributed by atoms with E-state index in [2.05, 4.69) is 4.98 Å². The molecule has 5 rings (SSSR count). The van der Waals surface area contributed by atoms with Gasteiger partial charge in [0.15, 0.2) is 5.13 Å². The molecule has 1 aromatic heterocycles. The summed E-state index contributed by atoms with van der Waals surface area (Å²) in [5, 5.41) is 11.4. The number of aromatic nitrogens is 1. The average Bonchev–Trinajstić information content (AvgIpc) is 3.33. The molecule has 1 aliphatic rings. The number of anilines is 1. The van der Waals surface area contributed by atoms with Crippen LogP contribution in [0.25, 0.3) is 16.0 Å². The molecule has 0 bridgehead atoms. The molecule has 2 heterocycles. The number of aliphatic hydroxyl groups is 1. The Hall–Kier alpha value is -3.91. The fourth-order valence-electron chi connectivity index (χ4n) is 4.15. The van der Waals surface area contributed by atoms with Crippen LogP contribution in [0, 0.1) is 25.5 Å². The Morgan fingerprint density at radius 3 is 2.56 bits per heavy atom. The monoisotopic (exact) mass is 476 g/mol. The molecular formula is C26H18F2N2O3S. The Kier molecular flexibility index (Phi) is 5.25. The molecule has 34 heavy (non-hydrogen) atoms. The van der Waals surface area contributed by atoms with Crippen molar-refractivity contribution in [1.29, 1.82) is 0 Å². The highest BCUT2D eigenvalue weighted by Gasteiger charge is 2.49. The summed E-state index contributed by atoms with van der Waals surface area (Å²) in [4.78, 5) is 32.0. The summed E-state index contributed by atoms with van der Waals surface area (Å²) in [6.45, 7) is 3.61. The Morgan fingerprint density at radius 1 is 1.03 bits per heavy atom. The van der Waals surface area contributed by atoms with Crippen LogP contribution in [0.15, 0.2) is 66.2 Å². The van der Waals surface area contributed by atoms with Crippen LogP contribution in [0.4, 0.5) is 13.9 Å². The molecule has 0 radical (unpaired) electrons. The highest BCUT2D eigenvalue weighted by atomic mass is 32.1. The van der Waals surface area contributed by atoms with Crippen molar-refractivity contribution in [3.8, 4) is 0 Å². The van der Waals surface area contributed by atoms with Gasteiger partial charge in [0.25, 0.3) is 5.78 Å². The van der Waals surface area contributed by atoms with Crippen molar-refractivity contribution in [2.75, 3.05) is 4.90 Å². The third-order valence-electron chi connectivity index (χ3n) is 5.84. The first-order valence-electron chi connectivity index (χ1n) is 10.5. The predicted molar refractivity (Wildman–Crippen MR) is 127 cm³/mol. The number of ketones is 1. The molecule has 0 aliphatic carbocycles. The fraction of sp³-hybridized carbons (Fsp3) is 0.115. The number of aliphatic hydroxyl groups excluding tert-OH is 1. The summed E-state index contributed by atoms with van der Waals surface area (Å²) in [7, 11) is 0. The summed E-state index contributed by atoms with van der Waals surface area (Å²) < 4.78 is 29.2. The minimum atomic E-state index is -1.24. The molecule has 1 fully saturated rings. The fourth-order valence-corrected chi connectivity index (χ4v) is 5.16. The van der Waals surface area contributed by atoms with E-state index in [9.17, 15) is 19.1 Å². The Morgan fingerprint density at radius 2 is 1.79 bits per heavy atom. The normalized spacial score (nSPS) is 17.6. The number of hydrogen-bond donors (Lipinski definition) is 1. The molecule has 170 valence electrons. The number of amides is 1. The van der Waals surface area contributed by atoms with Gasteiger partial charge in [0.05, 0.1) is 15.8 Å². The number of rotatable bonds is 3.